The summed E-state index contributed by atoms with van der Waals surface area (Å²) in [6.45, 7) is 0.874. The molecule has 3 nitrogen and oxygen atoms in total. The van der Waals surface area contributed by atoms with Crippen LogP contribution in [0.5, 0.6) is 0 Å². The van der Waals surface area contributed by atoms with Gasteiger partial charge < -0.3 is 9.84 Å². The van der Waals surface area contributed by atoms with E-state index in [1.54, 1.807) is 6.20 Å². The van der Waals surface area contributed by atoms with Crippen LogP contribution in [-0.4, -0.2) is 22.8 Å². The van der Waals surface area contributed by atoms with Crippen molar-refractivity contribution in [2.75, 3.05) is 6.61 Å². The summed E-state index contributed by atoms with van der Waals surface area (Å²) in [5.41, 5.74) is 0.978. The quantitative estimate of drug-likeness (QED) is 0.923. The minimum Gasteiger partial charge on any atom is -0.388 e. The maximum absolute atomic E-state index is 10.5. The number of fused-ring (bicyclic) bond motifs is 1. The molecule has 1 aliphatic rings. The molecule has 106 valence electrons. The third-order valence-corrected chi connectivity index (χ3v) is 4.11. The van der Waals surface area contributed by atoms with Crippen molar-refractivity contribution < 1.29 is 9.84 Å². The maximum atomic E-state index is 10.5. The highest BCUT2D eigenvalue weighted by Gasteiger charge is 2.17. The van der Waals surface area contributed by atoms with Gasteiger partial charge in [-0.05, 0) is 49.1 Å². The lowest BCUT2D eigenvalue weighted by Gasteiger charge is -2.23. The lowest BCUT2D eigenvalue weighted by atomic mass is 9.96. The zero-order valence-corrected chi connectivity index (χ0v) is 11.7. The van der Waals surface area contributed by atoms with Gasteiger partial charge in [-0.15, -0.1) is 0 Å². The fourth-order valence-corrected chi connectivity index (χ4v) is 2.96. The summed E-state index contributed by atoms with van der Waals surface area (Å²) in [4.78, 5) is 4.17. The maximum Gasteiger partial charge on any atom is 0.0797 e. The molecule has 2 atom stereocenters. The number of pyridine rings is 1. The van der Waals surface area contributed by atoms with Crippen LogP contribution in [0, 0.1) is 0 Å². The van der Waals surface area contributed by atoms with E-state index in [0.29, 0.717) is 6.10 Å². The van der Waals surface area contributed by atoms with E-state index in [1.165, 1.54) is 12.8 Å². The predicted octanol–water partition coefficient (Wildman–Crippen LogP) is 3.62. The SMILES string of the molecule is OC(CCC1CCCCO1)c1cccc2ccncc12. The van der Waals surface area contributed by atoms with E-state index in [0.717, 1.165) is 42.2 Å². The fourth-order valence-electron chi connectivity index (χ4n) is 2.96. The van der Waals surface area contributed by atoms with Crippen molar-refractivity contribution in [3.05, 3.63) is 42.2 Å². The summed E-state index contributed by atoms with van der Waals surface area (Å²) in [6.07, 6.45) is 8.74. The third kappa shape index (κ3) is 3.00. The lowest BCUT2D eigenvalue weighted by molar-refractivity contribution is 0.00222. The molecule has 3 heteroatoms. The highest BCUT2D eigenvalue weighted by Crippen LogP contribution is 2.28. The standard InChI is InChI=1S/C17H21NO2/c19-17(8-7-14-5-1-2-11-20-14)15-6-3-4-13-9-10-18-12-16(13)15/h3-4,6,9-10,12,14,17,19H,1-2,5,7-8,11H2. The summed E-state index contributed by atoms with van der Waals surface area (Å²) < 4.78 is 5.73. The molecule has 1 aromatic carbocycles. The molecule has 0 spiro atoms. The zero-order chi connectivity index (χ0) is 13.8. The van der Waals surface area contributed by atoms with Crippen LogP contribution in [-0.2, 0) is 4.74 Å². The number of hydrogen-bond donors (Lipinski definition) is 1. The summed E-state index contributed by atoms with van der Waals surface area (Å²) in [5.74, 6) is 0. The molecule has 1 N–H and O–H groups in total. The molecule has 0 amide bonds. The van der Waals surface area contributed by atoms with Crippen LogP contribution in [0.15, 0.2) is 36.7 Å². The molecule has 2 heterocycles. The molecule has 0 radical (unpaired) electrons. The molecule has 0 bridgehead atoms. The molecule has 3 rings (SSSR count). The van der Waals surface area contributed by atoms with Gasteiger partial charge >= 0.3 is 0 Å². The minimum absolute atomic E-state index is 0.325. The van der Waals surface area contributed by atoms with E-state index in [2.05, 4.69) is 11.1 Å². The molecule has 0 aliphatic carbocycles. The number of aromatic nitrogens is 1. The van der Waals surface area contributed by atoms with E-state index in [4.69, 9.17) is 4.74 Å². The van der Waals surface area contributed by atoms with Crippen molar-refractivity contribution in [3.63, 3.8) is 0 Å². The molecule has 20 heavy (non-hydrogen) atoms. The highest BCUT2D eigenvalue weighted by atomic mass is 16.5. The fraction of sp³-hybridized carbons (Fsp3) is 0.471. The molecule has 2 unspecified atom stereocenters. The van der Waals surface area contributed by atoms with Gasteiger partial charge in [-0.1, -0.05) is 18.2 Å². The third-order valence-electron chi connectivity index (χ3n) is 4.11. The largest absolute Gasteiger partial charge is 0.388 e. The first-order valence-electron chi connectivity index (χ1n) is 7.47. The Labute approximate surface area is 119 Å². The number of aliphatic hydroxyl groups excluding tert-OH is 1. The van der Waals surface area contributed by atoms with Crippen LogP contribution in [0.25, 0.3) is 10.8 Å². The smallest absolute Gasteiger partial charge is 0.0797 e. The van der Waals surface area contributed by atoms with Crippen LogP contribution in [0.1, 0.15) is 43.8 Å². The van der Waals surface area contributed by atoms with Crippen molar-refractivity contribution in [2.24, 2.45) is 0 Å². The average Bonchev–Trinajstić information content (AvgIpc) is 2.53. The average molecular weight is 271 g/mol. The summed E-state index contributed by atoms with van der Waals surface area (Å²) in [5, 5.41) is 12.6. The number of nitrogens with zero attached hydrogens (tertiary/aromatic N) is 1. The second-order valence-corrected chi connectivity index (χ2v) is 5.53. The molecular formula is C17H21NO2. The Balaban J connectivity index is 1.70. The Morgan fingerprint density at radius 1 is 1.30 bits per heavy atom. The number of hydrogen-bond acceptors (Lipinski definition) is 3. The molecule has 1 aromatic heterocycles. The molecule has 2 aromatic rings. The first-order chi connectivity index (χ1) is 9.84. The second kappa shape index (κ2) is 6.33. The number of rotatable bonds is 4. The highest BCUT2D eigenvalue weighted by molar-refractivity contribution is 5.85. The van der Waals surface area contributed by atoms with Crippen molar-refractivity contribution in [1.29, 1.82) is 0 Å². The topological polar surface area (TPSA) is 42.4 Å². The number of ether oxygens (including phenoxy) is 1. The van der Waals surface area contributed by atoms with E-state index in [1.807, 2.05) is 24.4 Å². The minimum atomic E-state index is -0.437. The van der Waals surface area contributed by atoms with Gasteiger partial charge in [0.2, 0.25) is 0 Å². The first kappa shape index (κ1) is 13.5. The molecule has 1 aliphatic heterocycles. The Kier molecular flexibility index (Phi) is 4.28. The van der Waals surface area contributed by atoms with Gasteiger partial charge in [0.25, 0.3) is 0 Å². The molecule has 1 saturated heterocycles. The van der Waals surface area contributed by atoms with Crippen molar-refractivity contribution in [3.8, 4) is 0 Å². The Bertz CT molecular complexity index is 558. The van der Waals surface area contributed by atoms with Gasteiger partial charge in [-0.25, -0.2) is 0 Å². The van der Waals surface area contributed by atoms with Gasteiger partial charge in [-0.2, -0.15) is 0 Å². The lowest BCUT2D eigenvalue weighted by Crippen LogP contribution is -2.19. The first-order valence-corrected chi connectivity index (χ1v) is 7.47. The molecule has 0 saturated carbocycles. The zero-order valence-electron chi connectivity index (χ0n) is 11.7. The van der Waals surface area contributed by atoms with E-state index < -0.39 is 6.10 Å². The van der Waals surface area contributed by atoms with Crippen molar-refractivity contribution in [1.82, 2.24) is 4.98 Å². The van der Waals surface area contributed by atoms with Crippen LogP contribution in [0.2, 0.25) is 0 Å². The Morgan fingerprint density at radius 3 is 3.10 bits per heavy atom. The van der Waals surface area contributed by atoms with Gasteiger partial charge in [0.1, 0.15) is 0 Å². The van der Waals surface area contributed by atoms with Crippen LogP contribution < -0.4 is 0 Å². The van der Waals surface area contributed by atoms with Crippen LogP contribution >= 0.6 is 0 Å². The van der Waals surface area contributed by atoms with Gasteiger partial charge in [-0.3, -0.25) is 4.98 Å². The normalized spacial score (nSPS) is 20.9. The van der Waals surface area contributed by atoms with Crippen molar-refractivity contribution in [2.45, 2.75) is 44.3 Å². The van der Waals surface area contributed by atoms with Crippen molar-refractivity contribution >= 4 is 10.8 Å². The number of aliphatic hydroxyl groups is 1. The van der Waals surface area contributed by atoms with Crippen LogP contribution in [0.4, 0.5) is 0 Å². The Hall–Kier alpha value is -1.45. The summed E-state index contributed by atoms with van der Waals surface area (Å²) in [6, 6.07) is 8.03. The van der Waals surface area contributed by atoms with Gasteiger partial charge in [0.15, 0.2) is 0 Å². The Morgan fingerprint density at radius 2 is 2.25 bits per heavy atom. The van der Waals surface area contributed by atoms with Gasteiger partial charge in [0.05, 0.1) is 12.2 Å². The van der Waals surface area contributed by atoms with E-state index in [-0.39, 0.29) is 0 Å². The monoisotopic (exact) mass is 271 g/mol. The van der Waals surface area contributed by atoms with Gasteiger partial charge in [0, 0.05) is 24.4 Å². The number of benzene rings is 1. The van der Waals surface area contributed by atoms with Crippen LogP contribution in [0.3, 0.4) is 0 Å². The molecular weight excluding hydrogens is 250 g/mol. The summed E-state index contributed by atoms with van der Waals surface area (Å²) >= 11 is 0. The molecule has 1 fully saturated rings. The van der Waals surface area contributed by atoms with E-state index >= 15 is 0 Å². The second-order valence-electron chi connectivity index (χ2n) is 5.53. The van der Waals surface area contributed by atoms with E-state index in [9.17, 15) is 5.11 Å². The predicted molar refractivity (Wildman–Crippen MR) is 79.5 cm³/mol. The summed E-state index contributed by atoms with van der Waals surface area (Å²) in [7, 11) is 0.